The quantitative estimate of drug-likeness (QED) is 0.849. The van der Waals surface area contributed by atoms with Crippen LogP contribution in [-0.4, -0.2) is 30.1 Å². The van der Waals surface area contributed by atoms with Crippen molar-refractivity contribution < 1.29 is 9.53 Å². The molecule has 2 N–H and O–H groups in total. The highest BCUT2D eigenvalue weighted by Crippen LogP contribution is 2.24. The van der Waals surface area contributed by atoms with Gasteiger partial charge < -0.3 is 15.4 Å². The minimum Gasteiger partial charge on any atom is -0.465 e. The molecular weight excluding hydrogens is 256 g/mol. The van der Waals surface area contributed by atoms with Crippen LogP contribution < -0.4 is 10.6 Å². The number of methoxy groups -OCH3 is 1. The first-order chi connectivity index (χ1) is 9.63. The van der Waals surface area contributed by atoms with Crippen LogP contribution in [0.1, 0.15) is 15.9 Å². The summed E-state index contributed by atoms with van der Waals surface area (Å²) in [6.07, 6.45) is 5.03. The fourth-order valence-corrected chi connectivity index (χ4v) is 1.89. The molecule has 0 saturated carbocycles. The number of anilines is 2. The second-order valence-corrected chi connectivity index (χ2v) is 4.30. The van der Waals surface area contributed by atoms with E-state index in [1.165, 1.54) is 13.3 Å². The molecule has 2 rings (SSSR count). The molecule has 0 saturated heterocycles. The highest BCUT2D eigenvalue weighted by atomic mass is 16.5. The van der Waals surface area contributed by atoms with Gasteiger partial charge in [0.1, 0.15) is 0 Å². The van der Waals surface area contributed by atoms with Gasteiger partial charge in [-0.1, -0.05) is 6.07 Å². The van der Waals surface area contributed by atoms with E-state index in [0.29, 0.717) is 23.6 Å². The van der Waals surface area contributed by atoms with Crippen molar-refractivity contribution in [2.75, 3.05) is 24.8 Å². The van der Waals surface area contributed by atoms with Crippen LogP contribution in [0, 0.1) is 0 Å². The van der Waals surface area contributed by atoms with Gasteiger partial charge in [-0.25, -0.2) is 9.78 Å². The number of esters is 1. The van der Waals surface area contributed by atoms with E-state index in [1.54, 1.807) is 18.5 Å². The number of pyridine rings is 2. The molecule has 0 aliphatic rings. The third-order valence-electron chi connectivity index (χ3n) is 2.88. The molecule has 0 spiro atoms. The lowest BCUT2D eigenvalue weighted by Crippen LogP contribution is -2.20. The number of ether oxygens (including phenoxy) is 1. The third kappa shape index (κ3) is 2.85. The molecule has 0 amide bonds. The number of nitrogens with two attached hydrogens (primary N) is 1. The molecule has 104 valence electrons. The summed E-state index contributed by atoms with van der Waals surface area (Å²) in [5.74, 6) is 0.0673. The molecule has 2 aromatic heterocycles. The van der Waals surface area contributed by atoms with Gasteiger partial charge in [-0.05, 0) is 17.7 Å². The van der Waals surface area contributed by atoms with Crippen molar-refractivity contribution in [1.29, 1.82) is 0 Å². The number of nitrogens with zero attached hydrogens (tertiary/aromatic N) is 3. The molecule has 0 atom stereocenters. The second kappa shape index (κ2) is 6.01. The van der Waals surface area contributed by atoms with Gasteiger partial charge in [0.25, 0.3) is 0 Å². The number of rotatable bonds is 4. The van der Waals surface area contributed by atoms with E-state index in [9.17, 15) is 4.79 Å². The Hall–Kier alpha value is -2.63. The lowest BCUT2D eigenvalue weighted by molar-refractivity contribution is 0.0602. The van der Waals surface area contributed by atoms with E-state index >= 15 is 0 Å². The number of carbonyl (C=O) groups excluding carboxylic acids is 1. The Morgan fingerprint density at radius 2 is 2.20 bits per heavy atom. The van der Waals surface area contributed by atoms with Crippen molar-refractivity contribution in [3.63, 3.8) is 0 Å². The topological polar surface area (TPSA) is 81.3 Å². The number of hydrogen-bond acceptors (Lipinski definition) is 6. The fourth-order valence-electron chi connectivity index (χ4n) is 1.89. The highest BCUT2D eigenvalue weighted by molar-refractivity contribution is 5.97. The minimum absolute atomic E-state index is 0.311. The summed E-state index contributed by atoms with van der Waals surface area (Å²) in [6, 6.07) is 5.37. The van der Waals surface area contributed by atoms with E-state index in [4.69, 9.17) is 10.5 Å². The van der Waals surface area contributed by atoms with Gasteiger partial charge in [-0.2, -0.15) is 0 Å². The summed E-state index contributed by atoms with van der Waals surface area (Å²) in [4.78, 5) is 21.8. The van der Waals surface area contributed by atoms with E-state index < -0.39 is 5.97 Å². The van der Waals surface area contributed by atoms with Crippen molar-refractivity contribution in [2.24, 2.45) is 0 Å². The zero-order chi connectivity index (χ0) is 14.5. The fraction of sp³-hybridized carbons (Fsp3) is 0.214. The second-order valence-electron chi connectivity index (χ2n) is 4.30. The molecule has 20 heavy (non-hydrogen) atoms. The molecule has 0 radical (unpaired) electrons. The minimum atomic E-state index is -0.471. The van der Waals surface area contributed by atoms with Crippen molar-refractivity contribution >= 4 is 17.5 Å². The Balaban J connectivity index is 2.26. The van der Waals surface area contributed by atoms with Crippen LogP contribution >= 0.6 is 0 Å². The Kier molecular flexibility index (Phi) is 4.14. The lowest BCUT2D eigenvalue weighted by atomic mass is 10.2. The summed E-state index contributed by atoms with van der Waals surface area (Å²) >= 11 is 0. The van der Waals surface area contributed by atoms with E-state index in [2.05, 4.69) is 9.97 Å². The summed E-state index contributed by atoms with van der Waals surface area (Å²) in [5.41, 5.74) is 7.65. The Morgan fingerprint density at radius 3 is 2.85 bits per heavy atom. The van der Waals surface area contributed by atoms with Crippen LogP contribution in [-0.2, 0) is 11.3 Å². The predicted molar refractivity (Wildman–Crippen MR) is 76.3 cm³/mol. The SMILES string of the molecule is COC(=O)c1ccnc(N(C)Cc2cccnc2)c1N. The van der Waals surface area contributed by atoms with Gasteiger partial charge in [-0.3, -0.25) is 4.98 Å². The van der Waals surface area contributed by atoms with E-state index in [0.717, 1.165) is 5.56 Å². The summed E-state index contributed by atoms with van der Waals surface area (Å²) in [6.45, 7) is 0.593. The average molecular weight is 272 g/mol. The van der Waals surface area contributed by atoms with Crippen LogP contribution in [0.2, 0.25) is 0 Å². The van der Waals surface area contributed by atoms with Gasteiger partial charge in [0.05, 0.1) is 18.4 Å². The first kappa shape index (κ1) is 13.8. The molecule has 0 unspecified atom stereocenters. The monoisotopic (exact) mass is 272 g/mol. The van der Waals surface area contributed by atoms with E-state index in [-0.39, 0.29) is 0 Å². The molecular formula is C14H16N4O2. The Bertz CT molecular complexity index is 601. The van der Waals surface area contributed by atoms with Gasteiger partial charge in [-0.15, -0.1) is 0 Å². The zero-order valence-electron chi connectivity index (χ0n) is 11.4. The lowest BCUT2D eigenvalue weighted by Gasteiger charge is -2.20. The normalized spacial score (nSPS) is 10.1. The predicted octanol–water partition coefficient (Wildman–Crippen LogP) is 1.48. The van der Waals surface area contributed by atoms with Crippen LogP contribution in [0.15, 0.2) is 36.8 Å². The Labute approximate surface area is 117 Å². The first-order valence-corrected chi connectivity index (χ1v) is 6.06. The van der Waals surface area contributed by atoms with Gasteiger partial charge in [0, 0.05) is 32.2 Å². The molecule has 0 aliphatic heterocycles. The molecule has 6 nitrogen and oxygen atoms in total. The summed E-state index contributed by atoms with van der Waals surface area (Å²) in [7, 11) is 3.17. The number of aromatic nitrogens is 2. The first-order valence-electron chi connectivity index (χ1n) is 6.06. The maximum atomic E-state index is 11.6. The van der Waals surface area contributed by atoms with Crippen LogP contribution in [0.4, 0.5) is 11.5 Å². The Morgan fingerprint density at radius 1 is 1.40 bits per heavy atom. The molecule has 6 heteroatoms. The van der Waals surface area contributed by atoms with Crippen LogP contribution in [0.3, 0.4) is 0 Å². The van der Waals surface area contributed by atoms with E-state index in [1.807, 2.05) is 24.1 Å². The highest BCUT2D eigenvalue weighted by Gasteiger charge is 2.16. The standard InChI is InChI=1S/C14H16N4O2/c1-18(9-10-4-3-6-16-8-10)13-12(15)11(5-7-17-13)14(19)20-2/h3-8H,9,15H2,1-2H3. The maximum absolute atomic E-state index is 11.6. The molecule has 0 bridgehead atoms. The van der Waals surface area contributed by atoms with Gasteiger partial charge in [0.2, 0.25) is 0 Å². The largest absolute Gasteiger partial charge is 0.465 e. The third-order valence-corrected chi connectivity index (χ3v) is 2.88. The molecule has 0 aliphatic carbocycles. The van der Waals surface area contributed by atoms with Gasteiger partial charge in [0.15, 0.2) is 5.82 Å². The molecule has 0 aromatic carbocycles. The number of carbonyl (C=O) groups is 1. The molecule has 0 fully saturated rings. The average Bonchev–Trinajstić information content (AvgIpc) is 2.47. The number of hydrogen-bond donors (Lipinski definition) is 1. The smallest absolute Gasteiger partial charge is 0.340 e. The summed E-state index contributed by atoms with van der Waals surface area (Å²) in [5, 5.41) is 0. The van der Waals surface area contributed by atoms with Crippen molar-refractivity contribution in [1.82, 2.24) is 9.97 Å². The van der Waals surface area contributed by atoms with Crippen molar-refractivity contribution in [3.05, 3.63) is 47.9 Å². The number of nitrogen functional groups attached to an aromatic ring is 1. The van der Waals surface area contributed by atoms with Crippen molar-refractivity contribution in [2.45, 2.75) is 6.54 Å². The molecule has 2 heterocycles. The van der Waals surface area contributed by atoms with Crippen LogP contribution in [0.5, 0.6) is 0 Å². The van der Waals surface area contributed by atoms with Gasteiger partial charge >= 0.3 is 5.97 Å². The molecule has 2 aromatic rings. The van der Waals surface area contributed by atoms with Crippen LogP contribution in [0.25, 0.3) is 0 Å². The maximum Gasteiger partial charge on any atom is 0.340 e. The zero-order valence-corrected chi connectivity index (χ0v) is 11.4. The van der Waals surface area contributed by atoms with Crippen molar-refractivity contribution in [3.8, 4) is 0 Å². The summed E-state index contributed by atoms with van der Waals surface area (Å²) < 4.78 is 4.69.